The van der Waals surface area contributed by atoms with E-state index in [-0.39, 0.29) is 0 Å². The molecule has 1 fully saturated rings. The monoisotopic (exact) mass is 230 g/mol. The quantitative estimate of drug-likeness (QED) is 0.820. The van der Waals surface area contributed by atoms with E-state index in [4.69, 9.17) is 0 Å². The van der Waals surface area contributed by atoms with Gasteiger partial charge in [-0.25, -0.2) is 14.6 Å². The molecule has 1 aliphatic rings. The van der Waals surface area contributed by atoms with Gasteiger partial charge < -0.3 is 5.32 Å². The van der Waals surface area contributed by atoms with Gasteiger partial charge in [-0.1, -0.05) is 5.21 Å². The molecule has 1 N–H and O–H groups in total. The molecule has 0 aliphatic carbocycles. The highest BCUT2D eigenvalue weighted by Gasteiger charge is 2.20. The van der Waals surface area contributed by atoms with Crippen molar-refractivity contribution in [1.29, 1.82) is 0 Å². The Morgan fingerprint density at radius 3 is 2.71 bits per heavy atom. The van der Waals surface area contributed by atoms with Crippen LogP contribution < -0.4 is 5.32 Å². The molecule has 2 aromatic rings. The van der Waals surface area contributed by atoms with Crippen LogP contribution in [0.25, 0.3) is 11.5 Å². The first kappa shape index (κ1) is 10.3. The van der Waals surface area contributed by atoms with Crippen molar-refractivity contribution in [2.45, 2.75) is 18.9 Å². The molecule has 3 rings (SSSR count). The highest BCUT2D eigenvalue weighted by Crippen LogP contribution is 2.23. The number of nitrogens with zero attached hydrogens (tertiary/aromatic N) is 5. The minimum absolute atomic E-state index is 0.401. The van der Waals surface area contributed by atoms with Gasteiger partial charge >= 0.3 is 0 Å². The first-order valence-electron chi connectivity index (χ1n) is 5.83. The van der Waals surface area contributed by atoms with E-state index in [0.29, 0.717) is 11.9 Å². The molecule has 0 atom stereocenters. The average Bonchev–Trinajstić information content (AvgIpc) is 2.90. The Kier molecular flexibility index (Phi) is 2.79. The highest BCUT2D eigenvalue weighted by molar-refractivity contribution is 5.46. The largest absolute Gasteiger partial charge is 0.317 e. The first-order valence-corrected chi connectivity index (χ1v) is 5.83. The Balaban J connectivity index is 1.93. The lowest BCUT2D eigenvalue weighted by Gasteiger charge is -2.23. The summed E-state index contributed by atoms with van der Waals surface area (Å²) in [5.74, 6) is 0.691. The lowest BCUT2D eigenvalue weighted by molar-refractivity contribution is 0.340. The average molecular weight is 230 g/mol. The molecule has 17 heavy (non-hydrogen) atoms. The second-order valence-electron chi connectivity index (χ2n) is 4.12. The van der Waals surface area contributed by atoms with Crippen LogP contribution >= 0.6 is 0 Å². The molecular formula is C11H14N6. The van der Waals surface area contributed by atoms with E-state index in [1.807, 2.05) is 10.7 Å². The van der Waals surface area contributed by atoms with Gasteiger partial charge in [0.25, 0.3) is 0 Å². The number of hydrogen-bond donors (Lipinski definition) is 1. The molecule has 0 radical (unpaired) electrons. The van der Waals surface area contributed by atoms with Crippen molar-refractivity contribution in [2.75, 3.05) is 13.1 Å². The molecule has 0 unspecified atom stereocenters. The van der Waals surface area contributed by atoms with E-state index in [2.05, 4.69) is 25.6 Å². The smallest absolute Gasteiger partial charge is 0.179 e. The van der Waals surface area contributed by atoms with E-state index in [0.717, 1.165) is 31.6 Å². The lowest BCUT2D eigenvalue weighted by atomic mass is 10.1. The summed E-state index contributed by atoms with van der Waals surface area (Å²) in [6.45, 7) is 2.05. The van der Waals surface area contributed by atoms with E-state index < -0.39 is 0 Å². The lowest BCUT2D eigenvalue weighted by Crippen LogP contribution is -2.30. The minimum atomic E-state index is 0.401. The van der Waals surface area contributed by atoms with Crippen molar-refractivity contribution in [3.63, 3.8) is 0 Å². The molecule has 0 spiro atoms. The van der Waals surface area contributed by atoms with Crippen molar-refractivity contribution in [3.05, 3.63) is 24.7 Å². The minimum Gasteiger partial charge on any atom is -0.317 e. The van der Waals surface area contributed by atoms with Crippen LogP contribution in [0.3, 0.4) is 0 Å². The zero-order valence-electron chi connectivity index (χ0n) is 9.45. The number of rotatable bonds is 2. The fourth-order valence-corrected chi connectivity index (χ4v) is 2.16. The van der Waals surface area contributed by atoms with E-state index in [9.17, 15) is 0 Å². The highest BCUT2D eigenvalue weighted by atomic mass is 15.4. The summed E-state index contributed by atoms with van der Waals surface area (Å²) in [6.07, 6.45) is 7.36. The predicted molar refractivity (Wildman–Crippen MR) is 62.2 cm³/mol. The van der Waals surface area contributed by atoms with Crippen LogP contribution in [0.5, 0.6) is 0 Å². The summed E-state index contributed by atoms with van der Waals surface area (Å²) in [5, 5.41) is 11.5. The molecule has 2 aromatic heterocycles. The summed E-state index contributed by atoms with van der Waals surface area (Å²) >= 11 is 0. The predicted octanol–water partition coefficient (Wildman–Crippen LogP) is 0.660. The molecular weight excluding hydrogens is 216 g/mol. The molecule has 6 nitrogen and oxygen atoms in total. The number of piperidine rings is 1. The molecule has 1 saturated heterocycles. The summed E-state index contributed by atoms with van der Waals surface area (Å²) < 4.78 is 1.95. The SMILES string of the molecule is c1cnc(-c2cnnn2C2CCNCC2)nc1. The number of aromatic nitrogens is 5. The third-order valence-corrected chi connectivity index (χ3v) is 3.02. The van der Waals surface area contributed by atoms with Crippen molar-refractivity contribution >= 4 is 0 Å². The standard InChI is InChI=1S/C11H14N6/c1-4-13-11(14-5-1)10-8-15-16-17(10)9-2-6-12-7-3-9/h1,4-5,8-9,12H,2-3,6-7H2. The van der Waals surface area contributed by atoms with E-state index >= 15 is 0 Å². The molecule has 0 amide bonds. The van der Waals surface area contributed by atoms with Crippen molar-refractivity contribution in [1.82, 2.24) is 30.3 Å². The Labute approximate surface area is 99.1 Å². The van der Waals surface area contributed by atoms with Crippen molar-refractivity contribution in [2.24, 2.45) is 0 Å². The molecule has 88 valence electrons. The maximum Gasteiger partial charge on any atom is 0.179 e. The van der Waals surface area contributed by atoms with E-state index in [1.54, 1.807) is 18.6 Å². The summed E-state index contributed by atoms with van der Waals surface area (Å²) in [6, 6.07) is 2.21. The van der Waals surface area contributed by atoms with Gasteiger partial charge in [0.05, 0.1) is 12.2 Å². The zero-order chi connectivity index (χ0) is 11.5. The van der Waals surface area contributed by atoms with Gasteiger partial charge in [-0.05, 0) is 32.0 Å². The zero-order valence-corrected chi connectivity index (χ0v) is 9.45. The Hall–Kier alpha value is -1.82. The Bertz CT molecular complexity index is 474. The third kappa shape index (κ3) is 2.03. The molecule has 6 heteroatoms. The maximum atomic E-state index is 4.25. The van der Waals surface area contributed by atoms with Crippen LogP contribution in [-0.4, -0.2) is 38.1 Å². The van der Waals surface area contributed by atoms with Gasteiger partial charge in [0.1, 0.15) is 5.69 Å². The van der Waals surface area contributed by atoms with Gasteiger partial charge in [-0.3, -0.25) is 0 Å². The normalized spacial score (nSPS) is 17.2. The van der Waals surface area contributed by atoms with Gasteiger partial charge in [-0.2, -0.15) is 0 Å². The second-order valence-corrected chi connectivity index (χ2v) is 4.12. The molecule has 0 bridgehead atoms. The number of hydrogen-bond acceptors (Lipinski definition) is 5. The van der Waals surface area contributed by atoms with Crippen molar-refractivity contribution < 1.29 is 0 Å². The molecule has 0 saturated carbocycles. The van der Waals surface area contributed by atoms with Gasteiger partial charge in [-0.15, -0.1) is 5.10 Å². The van der Waals surface area contributed by atoms with E-state index in [1.165, 1.54) is 0 Å². The van der Waals surface area contributed by atoms with Crippen LogP contribution in [0.2, 0.25) is 0 Å². The Morgan fingerprint density at radius 1 is 1.18 bits per heavy atom. The summed E-state index contributed by atoms with van der Waals surface area (Å²) in [5.41, 5.74) is 0.900. The fraction of sp³-hybridized carbons (Fsp3) is 0.455. The Morgan fingerprint density at radius 2 is 1.94 bits per heavy atom. The van der Waals surface area contributed by atoms with Crippen LogP contribution in [0, 0.1) is 0 Å². The van der Waals surface area contributed by atoms with Crippen LogP contribution in [0.15, 0.2) is 24.7 Å². The molecule has 3 heterocycles. The van der Waals surface area contributed by atoms with Crippen LogP contribution in [0.1, 0.15) is 18.9 Å². The second kappa shape index (κ2) is 4.58. The fourth-order valence-electron chi connectivity index (χ4n) is 2.16. The van der Waals surface area contributed by atoms with Crippen LogP contribution in [0.4, 0.5) is 0 Å². The number of nitrogens with one attached hydrogen (secondary N) is 1. The maximum absolute atomic E-state index is 4.25. The summed E-state index contributed by atoms with van der Waals surface area (Å²) in [4.78, 5) is 8.50. The topological polar surface area (TPSA) is 68.5 Å². The van der Waals surface area contributed by atoms with Gasteiger partial charge in [0.15, 0.2) is 5.82 Å². The molecule has 0 aromatic carbocycles. The first-order chi connectivity index (χ1) is 8.45. The third-order valence-electron chi connectivity index (χ3n) is 3.02. The van der Waals surface area contributed by atoms with Crippen molar-refractivity contribution in [3.8, 4) is 11.5 Å². The van der Waals surface area contributed by atoms with Crippen LogP contribution in [-0.2, 0) is 0 Å². The van der Waals surface area contributed by atoms with Gasteiger partial charge in [0, 0.05) is 12.4 Å². The summed E-state index contributed by atoms with van der Waals surface area (Å²) in [7, 11) is 0. The van der Waals surface area contributed by atoms with Gasteiger partial charge in [0.2, 0.25) is 0 Å². The molecule has 1 aliphatic heterocycles.